The third kappa shape index (κ3) is 4.25. The van der Waals surface area contributed by atoms with Crippen molar-refractivity contribution in [1.29, 1.82) is 0 Å². The molecule has 0 N–H and O–H groups in total. The van der Waals surface area contributed by atoms with E-state index in [1.807, 2.05) is 10.8 Å². The van der Waals surface area contributed by atoms with Gasteiger partial charge in [0.1, 0.15) is 0 Å². The number of rotatable bonds is 5. The number of hydrogen-bond donors (Lipinski definition) is 0. The summed E-state index contributed by atoms with van der Waals surface area (Å²) in [6, 6.07) is 3.63. The van der Waals surface area contributed by atoms with E-state index in [-0.39, 0.29) is 4.90 Å². The molecule has 0 bridgehead atoms. The zero-order valence-electron chi connectivity index (χ0n) is 13.9. The summed E-state index contributed by atoms with van der Waals surface area (Å²) in [5.41, 5.74) is -0.860. The van der Waals surface area contributed by atoms with Crippen molar-refractivity contribution in [2.75, 3.05) is 32.7 Å². The summed E-state index contributed by atoms with van der Waals surface area (Å²) in [6.45, 7) is 3.33. The molecular formula is C16H19F3N4O2S. The van der Waals surface area contributed by atoms with Crippen molar-refractivity contribution in [1.82, 2.24) is 18.8 Å². The minimum Gasteiger partial charge on any atom is -0.336 e. The van der Waals surface area contributed by atoms with Gasteiger partial charge < -0.3 is 4.57 Å². The standard InChI is InChI=1S/C16H19F3N4O2S/c17-16(18,19)14-1-3-15(4-2-14)26(24,25)23-11-9-21(10-12-23)7-8-22-6-5-20-13-22/h1-6,13H,7-12H2. The van der Waals surface area contributed by atoms with Crippen molar-refractivity contribution in [3.8, 4) is 0 Å². The van der Waals surface area contributed by atoms with Crippen LogP contribution in [0.3, 0.4) is 0 Å². The topological polar surface area (TPSA) is 58.4 Å². The summed E-state index contributed by atoms with van der Waals surface area (Å²) >= 11 is 0. The Kier molecular flexibility index (Phi) is 5.35. The minimum atomic E-state index is -4.48. The molecule has 2 aromatic rings. The van der Waals surface area contributed by atoms with E-state index in [1.165, 1.54) is 4.31 Å². The van der Waals surface area contributed by atoms with Crippen LogP contribution in [0.4, 0.5) is 13.2 Å². The normalized spacial score (nSPS) is 17.5. The van der Waals surface area contributed by atoms with E-state index >= 15 is 0 Å². The van der Waals surface area contributed by atoms with Gasteiger partial charge in [-0.25, -0.2) is 13.4 Å². The Labute approximate surface area is 149 Å². The van der Waals surface area contributed by atoms with Gasteiger partial charge in [0, 0.05) is 51.7 Å². The minimum absolute atomic E-state index is 0.114. The lowest BCUT2D eigenvalue weighted by atomic mass is 10.2. The molecule has 1 saturated heterocycles. The molecule has 1 fully saturated rings. The fourth-order valence-corrected chi connectivity index (χ4v) is 4.26. The van der Waals surface area contributed by atoms with Crippen LogP contribution in [0, 0.1) is 0 Å². The average molecular weight is 388 g/mol. The second kappa shape index (κ2) is 7.37. The number of piperazine rings is 1. The van der Waals surface area contributed by atoms with E-state index in [2.05, 4.69) is 9.88 Å². The molecule has 1 aromatic heterocycles. The number of nitrogens with zero attached hydrogens (tertiary/aromatic N) is 4. The van der Waals surface area contributed by atoms with Gasteiger partial charge in [0.25, 0.3) is 0 Å². The first-order chi connectivity index (χ1) is 12.3. The van der Waals surface area contributed by atoms with Gasteiger partial charge in [-0.2, -0.15) is 17.5 Å². The van der Waals surface area contributed by atoms with Gasteiger partial charge >= 0.3 is 6.18 Å². The Morgan fingerprint density at radius 1 is 1.00 bits per heavy atom. The van der Waals surface area contributed by atoms with Gasteiger partial charge in [0.05, 0.1) is 16.8 Å². The van der Waals surface area contributed by atoms with Crippen molar-refractivity contribution in [3.05, 3.63) is 48.5 Å². The summed E-state index contributed by atoms with van der Waals surface area (Å²) in [6.07, 6.45) is 0.814. The Balaban J connectivity index is 1.59. The van der Waals surface area contributed by atoms with Gasteiger partial charge in [-0.05, 0) is 24.3 Å². The van der Waals surface area contributed by atoms with Crippen LogP contribution in [0.5, 0.6) is 0 Å². The molecule has 1 aliphatic rings. The van der Waals surface area contributed by atoms with Gasteiger partial charge in [-0.3, -0.25) is 4.90 Å². The highest BCUT2D eigenvalue weighted by atomic mass is 32.2. The second-order valence-corrected chi connectivity index (χ2v) is 8.01. The Hall–Kier alpha value is -1.91. The Morgan fingerprint density at radius 3 is 2.19 bits per heavy atom. The quantitative estimate of drug-likeness (QED) is 0.785. The predicted molar refractivity (Wildman–Crippen MR) is 88.9 cm³/mol. The first-order valence-electron chi connectivity index (χ1n) is 8.12. The molecule has 3 rings (SSSR count). The zero-order chi connectivity index (χ0) is 18.8. The summed E-state index contributed by atoms with van der Waals surface area (Å²) in [7, 11) is -3.78. The molecule has 0 radical (unpaired) electrons. The van der Waals surface area contributed by atoms with Crippen LogP contribution in [-0.2, 0) is 22.7 Å². The fraction of sp³-hybridized carbons (Fsp3) is 0.438. The molecular weight excluding hydrogens is 369 g/mol. The molecule has 0 amide bonds. The SMILES string of the molecule is O=S(=O)(c1ccc(C(F)(F)F)cc1)N1CCN(CCn2ccnc2)CC1. The third-order valence-corrected chi connectivity index (χ3v) is 6.30. The highest BCUT2D eigenvalue weighted by Gasteiger charge is 2.32. The van der Waals surface area contributed by atoms with Crippen LogP contribution < -0.4 is 0 Å². The van der Waals surface area contributed by atoms with E-state index in [0.717, 1.165) is 37.4 Å². The molecule has 0 atom stereocenters. The molecule has 0 unspecified atom stereocenters. The first kappa shape index (κ1) is 18.9. The molecule has 0 aliphatic carbocycles. The van der Waals surface area contributed by atoms with Crippen molar-refractivity contribution in [2.24, 2.45) is 0 Å². The van der Waals surface area contributed by atoms with E-state index in [4.69, 9.17) is 0 Å². The smallest absolute Gasteiger partial charge is 0.336 e. The van der Waals surface area contributed by atoms with Gasteiger partial charge in [-0.1, -0.05) is 0 Å². The molecule has 1 aliphatic heterocycles. The van der Waals surface area contributed by atoms with E-state index in [9.17, 15) is 21.6 Å². The summed E-state index contributed by atoms with van der Waals surface area (Å²) in [5, 5.41) is 0. The number of hydrogen-bond acceptors (Lipinski definition) is 4. The van der Waals surface area contributed by atoms with Gasteiger partial charge in [-0.15, -0.1) is 0 Å². The van der Waals surface area contributed by atoms with Crippen LogP contribution >= 0.6 is 0 Å². The van der Waals surface area contributed by atoms with E-state index in [1.54, 1.807) is 12.5 Å². The number of benzene rings is 1. The Bertz CT molecular complexity index is 812. The van der Waals surface area contributed by atoms with Crippen molar-refractivity contribution >= 4 is 10.0 Å². The maximum atomic E-state index is 12.6. The lowest BCUT2D eigenvalue weighted by molar-refractivity contribution is -0.137. The maximum Gasteiger partial charge on any atom is 0.416 e. The summed E-state index contributed by atoms with van der Waals surface area (Å²) in [5.74, 6) is 0. The van der Waals surface area contributed by atoms with Crippen molar-refractivity contribution in [3.63, 3.8) is 0 Å². The summed E-state index contributed by atoms with van der Waals surface area (Å²) < 4.78 is 66.4. The third-order valence-electron chi connectivity index (χ3n) is 4.38. The molecule has 6 nitrogen and oxygen atoms in total. The van der Waals surface area contributed by atoms with E-state index in [0.29, 0.717) is 26.2 Å². The van der Waals surface area contributed by atoms with Crippen LogP contribution in [0.1, 0.15) is 5.56 Å². The van der Waals surface area contributed by atoms with Crippen LogP contribution in [0.25, 0.3) is 0 Å². The molecule has 1 aromatic carbocycles. The number of imidazole rings is 1. The first-order valence-corrected chi connectivity index (χ1v) is 9.56. The number of aromatic nitrogens is 2. The zero-order valence-corrected chi connectivity index (χ0v) is 14.7. The Morgan fingerprint density at radius 2 is 1.65 bits per heavy atom. The van der Waals surface area contributed by atoms with E-state index < -0.39 is 21.8 Å². The highest BCUT2D eigenvalue weighted by Crippen LogP contribution is 2.30. The lowest BCUT2D eigenvalue weighted by Gasteiger charge is -2.34. The van der Waals surface area contributed by atoms with Crippen LogP contribution in [0.2, 0.25) is 0 Å². The second-order valence-electron chi connectivity index (χ2n) is 6.07. The molecule has 10 heteroatoms. The summed E-state index contributed by atoms with van der Waals surface area (Å²) in [4.78, 5) is 6.01. The fourth-order valence-electron chi connectivity index (χ4n) is 2.83. The van der Waals surface area contributed by atoms with Crippen LogP contribution in [0.15, 0.2) is 47.9 Å². The predicted octanol–water partition coefficient (Wildman–Crippen LogP) is 1.91. The molecule has 2 heterocycles. The van der Waals surface area contributed by atoms with Crippen molar-refractivity contribution < 1.29 is 21.6 Å². The molecule has 142 valence electrons. The number of sulfonamides is 1. The van der Waals surface area contributed by atoms with Gasteiger partial charge in [0.2, 0.25) is 10.0 Å². The number of halogens is 3. The molecule has 0 saturated carbocycles. The maximum absolute atomic E-state index is 12.6. The largest absolute Gasteiger partial charge is 0.416 e. The lowest BCUT2D eigenvalue weighted by Crippen LogP contribution is -2.49. The molecule has 26 heavy (non-hydrogen) atoms. The van der Waals surface area contributed by atoms with Gasteiger partial charge in [0.15, 0.2) is 0 Å². The average Bonchev–Trinajstić information content (AvgIpc) is 3.13. The molecule has 0 spiro atoms. The number of alkyl halides is 3. The van der Waals surface area contributed by atoms with Crippen LogP contribution in [-0.4, -0.2) is 59.9 Å². The monoisotopic (exact) mass is 388 g/mol. The highest BCUT2D eigenvalue weighted by molar-refractivity contribution is 7.89. The van der Waals surface area contributed by atoms with Crippen molar-refractivity contribution in [2.45, 2.75) is 17.6 Å².